The van der Waals surface area contributed by atoms with Gasteiger partial charge in [0.15, 0.2) is 0 Å². The fraction of sp³-hybridized carbons (Fsp3) is 0.857. The van der Waals surface area contributed by atoms with E-state index < -0.39 is 0 Å². The van der Waals surface area contributed by atoms with Gasteiger partial charge in [-0.15, -0.1) is 0 Å². The molecule has 1 saturated carbocycles. The number of hydrogen-bond donors (Lipinski definition) is 0. The number of nitrogens with zero attached hydrogens (tertiary/aromatic N) is 1. The van der Waals surface area contributed by atoms with Crippen LogP contribution in [0.15, 0.2) is 0 Å². The van der Waals surface area contributed by atoms with Crippen LogP contribution in [0.1, 0.15) is 51.9 Å². The highest BCUT2D eigenvalue weighted by Gasteiger charge is 2.27. The number of carbonyl (C=O) groups is 2. The summed E-state index contributed by atoms with van der Waals surface area (Å²) in [6.45, 7) is 3.82. The molecule has 2 fully saturated rings. The van der Waals surface area contributed by atoms with E-state index in [1.807, 2.05) is 4.90 Å². The van der Waals surface area contributed by atoms with E-state index in [0.29, 0.717) is 18.9 Å². The zero-order chi connectivity index (χ0) is 12.3. The molecule has 0 bridgehead atoms. The first-order valence-electron chi connectivity index (χ1n) is 6.98. The average Bonchev–Trinajstić information content (AvgIpc) is 2.34. The first-order valence-corrected chi connectivity index (χ1v) is 6.98. The van der Waals surface area contributed by atoms with Crippen LogP contribution < -0.4 is 0 Å². The van der Waals surface area contributed by atoms with Gasteiger partial charge in [-0.1, -0.05) is 26.2 Å². The van der Waals surface area contributed by atoms with Crippen molar-refractivity contribution < 1.29 is 9.59 Å². The summed E-state index contributed by atoms with van der Waals surface area (Å²) < 4.78 is 0. The number of Topliss-reactive ketones (excluding diaryl/α,β-unsaturated/α-hetero) is 1. The van der Waals surface area contributed by atoms with Crippen molar-refractivity contribution >= 4 is 11.7 Å². The van der Waals surface area contributed by atoms with Crippen LogP contribution in [0.5, 0.6) is 0 Å². The molecule has 1 amide bonds. The number of hydrogen-bond acceptors (Lipinski definition) is 2. The molecule has 3 nitrogen and oxygen atoms in total. The average molecular weight is 237 g/mol. The molecule has 0 radical (unpaired) electrons. The van der Waals surface area contributed by atoms with Crippen molar-refractivity contribution in [3.05, 3.63) is 0 Å². The maximum Gasteiger partial charge on any atom is 0.230 e. The molecule has 0 aromatic rings. The first-order chi connectivity index (χ1) is 8.19. The second-order valence-electron chi connectivity index (χ2n) is 5.60. The maximum absolute atomic E-state index is 11.7. The third-order valence-electron chi connectivity index (χ3n) is 4.38. The Hall–Kier alpha value is -0.860. The van der Waals surface area contributed by atoms with Crippen LogP contribution in [-0.4, -0.2) is 29.7 Å². The van der Waals surface area contributed by atoms with Gasteiger partial charge in [-0.05, 0) is 24.7 Å². The van der Waals surface area contributed by atoms with Crippen molar-refractivity contribution in [2.75, 3.05) is 13.1 Å². The van der Waals surface area contributed by atoms with E-state index in [1.54, 1.807) is 0 Å². The molecule has 96 valence electrons. The Morgan fingerprint density at radius 2 is 1.76 bits per heavy atom. The number of amides is 1. The molecule has 1 saturated heterocycles. The monoisotopic (exact) mass is 237 g/mol. The molecule has 1 aliphatic carbocycles. The van der Waals surface area contributed by atoms with E-state index in [0.717, 1.165) is 12.5 Å². The first kappa shape index (κ1) is 12.6. The Morgan fingerprint density at radius 1 is 1.12 bits per heavy atom. The predicted molar refractivity (Wildman–Crippen MR) is 66.6 cm³/mol. The van der Waals surface area contributed by atoms with Crippen molar-refractivity contribution in [3.63, 3.8) is 0 Å². The number of carbonyl (C=O) groups excluding carboxylic acids is 2. The second-order valence-corrected chi connectivity index (χ2v) is 5.60. The Morgan fingerprint density at radius 3 is 2.35 bits per heavy atom. The molecule has 0 aromatic heterocycles. The van der Waals surface area contributed by atoms with Gasteiger partial charge in [0, 0.05) is 19.5 Å². The fourth-order valence-corrected chi connectivity index (χ4v) is 3.08. The molecule has 0 spiro atoms. The number of rotatable bonds is 3. The number of likely N-dealkylation sites (tertiary alicyclic amines) is 1. The van der Waals surface area contributed by atoms with Crippen LogP contribution in [0.3, 0.4) is 0 Å². The molecule has 17 heavy (non-hydrogen) atoms. The van der Waals surface area contributed by atoms with Crippen LogP contribution in [0.2, 0.25) is 0 Å². The standard InChI is InChI=1S/C14H23NO2/c1-2-11-3-5-12(6-4-11)10-15-8-7-13(16)9-14(15)17/h11-12H,2-10H2,1H3. The van der Waals surface area contributed by atoms with Crippen molar-refractivity contribution in [2.45, 2.75) is 51.9 Å². The smallest absolute Gasteiger partial charge is 0.230 e. The molecule has 0 unspecified atom stereocenters. The zero-order valence-electron chi connectivity index (χ0n) is 10.8. The highest BCUT2D eigenvalue weighted by molar-refractivity contribution is 6.00. The van der Waals surface area contributed by atoms with Gasteiger partial charge in [0.2, 0.25) is 5.91 Å². The SMILES string of the molecule is CCC1CCC(CN2CCC(=O)CC2=O)CC1. The minimum Gasteiger partial charge on any atom is -0.342 e. The van der Waals surface area contributed by atoms with E-state index in [4.69, 9.17) is 0 Å². The lowest BCUT2D eigenvalue weighted by atomic mass is 9.80. The van der Waals surface area contributed by atoms with Gasteiger partial charge >= 0.3 is 0 Å². The van der Waals surface area contributed by atoms with E-state index >= 15 is 0 Å². The molecule has 3 heteroatoms. The molecule has 1 heterocycles. The highest BCUT2D eigenvalue weighted by Crippen LogP contribution is 2.31. The summed E-state index contributed by atoms with van der Waals surface area (Å²) in [5.74, 6) is 1.75. The van der Waals surface area contributed by atoms with Gasteiger partial charge in [0.05, 0.1) is 6.42 Å². The number of ketones is 1. The van der Waals surface area contributed by atoms with Crippen molar-refractivity contribution in [3.8, 4) is 0 Å². The molecule has 0 atom stereocenters. The largest absolute Gasteiger partial charge is 0.342 e. The summed E-state index contributed by atoms with van der Waals surface area (Å²) in [5.41, 5.74) is 0. The molecule has 0 aromatic carbocycles. The molecule has 2 rings (SSSR count). The third kappa shape index (κ3) is 3.30. The molecule has 0 N–H and O–H groups in total. The van der Waals surface area contributed by atoms with Crippen LogP contribution >= 0.6 is 0 Å². The summed E-state index contributed by atoms with van der Waals surface area (Å²) in [6.07, 6.45) is 7.17. The van der Waals surface area contributed by atoms with Crippen molar-refractivity contribution in [1.29, 1.82) is 0 Å². The minimum absolute atomic E-state index is 0.0545. The minimum atomic E-state index is 0.0545. The van der Waals surface area contributed by atoms with Gasteiger partial charge in [0.25, 0.3) is 0 Å². The summed E-state index contributed by atoms with van der Waals surface area (Å²) in [4.78, 5) is 24.8. The van der Waals surface area contributed by atoms with E-state index in [1.165, 1.54) is 32.1 Å². The Bertz CT molecular complexity index is 293. The van der Waals surface area contributed by atoms with E-state index in [2.05, 4.69) is 6.92 Å². The van der Waals surface area contributed by atoms with Gasteiger partial charge < -0.3 is 4.90 Å². The van der Waals surface area contributed by atoms with Gasteiger partial charge in [-0.25, -0.2) is 0 Å². The summed E-state index contributed by atoms with van der Waals surface area (Å²) in [7, 11) is 0. The lowest BCUT2D eigenvalue weighted by molar-refractivity contribution is -0.140. The quantitative estimate of drug-likeness (QED) is 0.707. The van der Waals surface area contributed by atoms with Crippen LogP contribution in [0.4, 0.5) is 0 Å². The van der Waals surface area contributed by atoms with Gasteiger partial charge in [0.1, 0.15) is 5.78 Å². The lowest BCUT2D eigenvalue weighted by Gasteiger charge is -2.34. The van der Waals surface area contributed by atoms with E-state index in [9.17, 15) is 9.59 Å². The van der Waals surface area contributed by atoms with Crippen LogP contribution in [0.25, 0.3) is 0 Å². The third-order valence-corrected chi connectivity index (χ3v) is 4.38. The van der Waals surface area contributed by atoms with E-state index in [-0.39, 0.29) is 18.1 Å². The topological polar surface area (TPSA) is 37.4 Å². The van der Waals surface area contributed by atoms with Crippen LogP contribution in [-0.2, 0) is 9.59 Å². The lowest BCUT2D eigenvalue weighted by Crippen LogP contribution is -2.42. The predicted octanol–water partition coefficient (Wildman–Crippen LogP) is 2.39. The van der Waals surface area contributed by atoms with Crippen LogP contribution in [0, 0.1) is 11.8 Å². The Kier molecular flexibility index (Phi) is 4.19. The summed E-state index contributed by atoms with van der Waals surface area (Å²) >= 11 is 0. The highest BCUT2D eigenvalue weighted by atomic mass is 16.2. The summed E-state index contributed by atoms with van der Waals surface area (Å²) in [5, 5.41) is 0. The molecular weight excluding hydrogens is 214 g/mol. The van der Waals surface area contributed by atoms with Crippen molar-refractivity contribution in [2.24, 2.45) is 11.8 Å². The molecule has 1 aliphatic heterocycles. The van der Waals surface area contributed by atoms with Gasteiger partial charge in [-0.2, -0.15) is 0 Å². The molecular formula is C14H23NO2. The Labute approximate surface area is 104 Å². The van der Waals surface area contributed by atoms with Gasteiger partial charge in [-0.3, -0.25) is 9.59 Å². The number of piperidine rings is 1. The maximum atomic E-state index is 11.7. The molecule has 2 aliphatic rings. The zero-order valence-corrected chi connectivity index (χ0v) is 10.8. The normalized spacial score (nSPS) is 30.8. The fourth-order valence-electron chi connectivity index (χ4n) is 3.08. The van der Waals surface area contributed by atoms with Crippen molar-refractivity contribution in [1.82, 2.24) is 4.90 Å². The second kappa shape index (κ2) is 5.65. The Balaban J connectivity index is 1.78. The summed E-state index contributed by atoms with van der Waals surface area (Å²) in [6, 6.07) is 0.